The second-order valence-electron chi connectivity index (χ2n) is 4.68. The summed E-state index contributed by atoms with van der Waals surface area (Å²) in [5.74, 6) is -0.588. The van der Waals surface area contributed by atoms with Gasteiger partial charge >= 0.3 is 5.97 Å². The van der Waals surface area contributed by atoms with E-state index in [0.717, 1.165) is 25.7 Å². The molecule has 1 saturated carbocycles. The van der Waals surface area contributed by atoms with Gasteiger partial charge in [-0.3, -0.25) is 4.79 Å². The largest absolute Gasteiger partial charge is 0.465 e. The molecule has 5 heteroatoms. The molecule has 2 rings (SSSR count). The second kappa shape index (κ2) is 6.19. The van der Waals surface area contributed by atoms with Crippen LogP contribution >= 0.6 is 15.9 Å². The Morgan fingerprint density at radius 2 is 1.84 bits per heavy atom. The van der Waals surface area contributed by atoms with Gasteiger partial charge in [-0.1, -0.05) is 28.8 Å². The Morgan fingerprint density at radius 1 is 1.21 bits per heavy atom. The first-order chi connectivity index (χ1) is 9.10. The Hall–Kier alpha value is -1.36. The highest BCUT2D eigenvalue weighted by Gasteiger charge is 2.19. The van der Waals surface area contributed by atoms with Crippen molar-refractivity contribution in [2.24, 2.45) is 0 Å². The number of methoxy groups -OCH3 is 1. The van der Waals surface area contributed by atoms with E-state index in [1.807, 2.05) is 0 Å². The zero-order chi connectivity index (χ0) is 13.8. The first kappa shape index (κ1) is 14.1. The number of halogens is 1. The minimum atomic E-state index is -0.448. The monoisotopic (exact) mass is 325 g/mol. The number of esters is 1. The summed E-state index contributed by atoms with van der Waals surface area (Å²) in [7, 11) is 1.32. The van der Waals surface area contributed by atoms with Crippen molar-refractivity contribution < 1.29 is 14.3 Å². The average Bonchev–Trinajstić information content (AvgIpc) is 2.89. The third-order valence-corrected chi connectivity index (χ3v) is 3.73. The fraction of sp³-hybridized carbons (Fsp3) is 0.429. The minimum absolute atomic E-state index is 0.140. The highest BCUT2D eigenvalue weighted by atomic mass is 79.9. The molecule has 102 valence electrons. The molecule has 4 nitrogen and oxygen atoms in total. The number of benzene rings is 1. The van der Waals surface area contributed by atoms with Crippen LogP contribution < -0.4 is 5.32 Å². The molecule has 19 heavy (non-hydrogen) atoms. The van der Waals surface area contributed by atoms with E-state index in [2.05, 4.69) is 26.0 Å². The zero-order valence-corrected chi connectivity index (χ0v) is 12.3. The Kier molecular flexibility index (Phi) is 4.58. The molecule has 1 aliphatic rings. The fourth-order valence-electron chi connectivity index (χ4n) is 2.30. The molecule has 0 aromatic heterocycles. The SMILES string of the molecule is COC(=O)c1cc(Br)cc(C(=O)NC2CCCC2)c1. The van der Waals surface area contributed by atoms with Crippen LogP contribution in [0.3, 0.4) is 0 Å². The summed E-state index contributed by atoms with van der Waals surface area (Å²) in [5, 5.41) is 2.99. The van der Waals surface area contributed by atoms with Crippen LogP contribution in [0.4, 0.5) is 0 Å². The molecule has 0 saturated heterocycles. The van der Waals surface area contributed by atoms with Crippen LogP contribution in [0.15, 0.2) is 22.7 Å². The lowest BCUT2D eigenvalue weighted by molar-refractivity contribution is 0.0600. The van der Waals surface area contributed by atoms with Crippen molar-refractivity contribution in [3.8, 4) is 0 Å². The van der Waals surface area contributed by atoms with Crippen LogP contribution in [0, 0.1) is 0 Å². The minimum Gasteiger partial charge on any atom is -0.465 e. The van der Waals surface area contributed by atoms with Gasteiger partial charge in [-0.25, -0.2) is 4.79 Å². The Bertz CT molecular complexity index is 495. The molecule has 1 aliphatic carbocycles. The lowest BCUT2D eigenvalue weighted by atomic mass is 10.1. The number of ether oxygens (including phenoxy) is 1. The number of nitrogens with one attached hydrogen (secondary N) is 1. The Morgan fingerprint density at radius 3 is 2.47 bits per heavy atom. The molecule has 0 unspecified atom stereocenters. The van der Waals surface area contributed by atoms with Crippen molar-refractivity contribution in [2.45, 2.75) is 31.7 Å². The van der Waals surface area contributed by atoms with Gasteiger partial charge in [0.25, 0.3) is 5.91 Å². The molecule has 1 aromatic rings. The van der Waals surface area contributed by atoms with E-state index in [1.54, 1.807) is 18.2 Å². The summed E-state index contributed by atoms with van der Waals surface area (Å²) in [5.41, 5.74) is 0.843. The topological polar surface area (TPSA) is 55.4 Å². The smallest absolute Gasteiger partial charge is 0.337 e. The normalized spacial score (nSPS) is 15.3. The lowest BCUT2D eigenvalue weighted by Crippen LogP contribution is -2.32. The van der Waals surface area contributed by atoms with Gasteiger partial charge in [-0.05, 0) is 31.0 Å². The first-order valence-corrected chi connectivity index (χ1v) is 7.09. The van der Waals surface area contributed by atoms with Gasteiger partial charge in [-0.2, -0.15) is 0 Å². The summed E-state index contributed by atoms with van der Waals surface area (Å²) >= 11 is 3.30. The molecule has 1 fully saturated rings. The maximum Gasteiger partial charge on any atom is 0.337 e. The van der Waals surface area contributed by atoms with E-state index < -0.39 is 5.97 Å². The zero-order valence-electron chi connectivity index (χ0n) is 10.7. The van der Waals surface area contributed by atoms with Gasteiger partial charge in [0.2, 0.25) is 0 Å². The van der Waals surface area contributed by atoms with E-state index >= 15 is 0 Å². The molecular formula is C14H16BrNO3. The van der Waals surface area contributed by atoms with Crippen molar-refractivity contribution in [3.63, 3.8) is 0 Å². The predicted molar refractivity (Wildman–Crippen MR) is 75.2 cm³/mol. The quantitative estimate of drug-likeness (QED) is 0.869. The van der Waals surface area contributed by atoms with Crippen molar-refractivity contribution >= 4 is 27.8 Å². The Balaban J connectivity index is 2.16. The Labute approximate surface area is 120 Å². The molecule has 1 N–H and O–H groups in total. The van der Waals surface area contributed by atoms with Crippen LogP contribution in [-0.2, 0) is 4.74 Å². The number of hydrogen-bond donors (Lipinski definition) is 1. The van der Waals surface area contributed by atoms with Crippen molar-refractivity contribution in [1.82, 2.24) is 5.32 Å². The van der Waals surface area contributed by atoms with Crippen LogP contribution in [0.5, 0.6) is 0 Å². The highest BCUT2D eigenvalue weighted by molar-refractivity contribution is 9.10. The van der Waals surface area contributed by atoms with E-state index in [-0.39, 0.29) is 11.9 Å². The molecule has 0 spiro atoms. The molecule has 1 amide bonds. The third-order valence-electron chi connectivity index (χ3n) is 3.27. The molecule has 0 radical (unpaired) electrons. The van der Waals surface area contributed by atoms with E-state index in [4.69, 9.17) is 0 Å². The molecule has 0 bridgehead atoms. The molecule has 0 aliphatic heterocycles. The average molecular weight is 326 g/mol. The van der Waals surface area contributed by atoms with Crippen molar-refractivity contribution in [2.75, 3.05) is 7.11 Å². The predicted octanol–water partition coefficient (Wildman–Crippen LogP) is 2.91. The van der Waals surface area contributed by atoms with Crippen molar-refractivity contribution in [3.05, 3.63) is 33.8 Å². The number of rotatable bonds is 3. The molecule has 0 atom stereocenters. The summed E-state index contributed by atoms with van der Waals surface area (Å²) in [6.07, 6.45) is 4.39. The molecular weight excluding hydrogens is 310 g/mol. The molecule has 1 aromatic carbocycles. The summed E-state index contributed by atoms with van der Waals surface area (Å²) in [6.45, 7) is 0. The maximum absolute atomic E-state index is 12.1. The number of carbonyl (C=O) groups excluding carboxylic acids is 2. The van der Waals surface area contributed by atoms with Gasteiger partial charge in [0.15, 0.2) is 0 Å². The summed E-state index contributed by atoms with van der Waals surface area (Å²) in [6, 6.07) is 5.16. The number of hydrogen-bond acceptors (Lipinski definition) is 3. The standard InChI is InChI=1S/C14H16BrNO3/c1-19-14(18)10-6-9(7-11(15)8-10)13(17)16-12-4-2-3-5-12/h6-8,12H,2-5H2,1H3,(H,16,17). The van der Waals surface area contributed by atoms with Crippen LogP contribution in [-0.4, -0.2) is 25.0 Å². The van der Waals surface area contributed by atoms with Crippen LogP contribution in [0.25, 0.3) is 0 Å². The fourth-order valence-corrected chi connectivity index (χ4v) is 2.79. The maximum atomic E-state index is 12.1. The number of amides is 1. The van der Waals surface area contributed by atoms with E-state index in [1.165, 1.54) is 7.11 Å². The lowest BCUT2D eigenvalue weighted by Gasteiger charge is -2.12. The number of carbonyl (C=O) groups is 2. The van der Waals surface area contributed by atoms with E-state index in [0.29, 0.717) is 15.6 Å². The molecule has 0 heterocycles. The van der Waals surface area contributed by atoms with E-state index in [9.17, 15) is 9.59 Å². The van der Waals surface area contributed by atoms with Gasteiger partial charge in [0, 0.05) is 16.1 Å². The van der Waals surface area contributed by atoms with Gasteiger partial charge in [0.05, 0.1) is 12.7 Å². The van der Waals surface area contributed by atoms with Gasteiger partial charge in [0.1, 0.15) is 0 Å². The van der Waals surface area contributed by atoms with Gasteiger partial charge in [-0.15, -0.1) is 0 Å². The third kappa shape index (κ3) is 3.56. The first-order valence-electron chi connectivity index (χ1n) is 6.30. The summed E-state index contributed by atoms with van der Waals surface area (Å²) < 4.78 is 5.35. The second-order valence-corrected chi connectivity index (χ2v) is 5.59. The summed E-state index contributed by atoms with van der Waals surface area (Å²) in [4.78, 5) is 23.6. The van der Waals surface area contributed by atoms with Crippen LogP contribution in [0.2, 0.25) is 0 Å². The van der Waals surface area contributed by atoms with Crippen molar-refractivity contribution in [1.29, 1.82) is 0 Å². The van der Waals surface area contributed by atoms with Gasteiger partial charge < -0.3 is 10.1 Å². The highest BCUT2D eigenvalue weighted by Crippen LogP contribution is 2.20. The van der Waals surface area contributed by atoms with Crippen LogP contribution in [0.1, 0.15) is 46.4 Å².